The summed E-state index contributed by atoms with van der Waals surface area (Å²) in [7, 11) is 1.21. The Morgan fingerprint density at radius 2 is 1.91 bits per heavy atom. The van der Waals surface area contributed by atoms with Crippen molar-refractivity contribution in [3.8, 4) is 0 Å². The second-order valence-corrected chi connectivity index (χ2v) is 5.51. The fourth-order valence-electron chi connectivity index (χ4n) is 3.24. The molecule has 0 spiro atoms. The van der Waals surface area contributed by atoms with Crippen LogP contribution in [0.2, 0.25) is 0 Å². The summed E-state index contributed by atoms with van der Waals surface area (Å²) in [5, 5.41) is 0. The van der Waals surface area contributed by atoms with Gasteiger partial charge in [0.1, 0.15) is 6.61 Å². The van der Waals surface area contributed by atoms with Gasteiger partial charge in [-0.05, 0) is 0 Å². The minimum absolute atomic E-state index is 0.0209. The number of carbonyl (C=O) groups is 3. The fraction of sp³-hybridized carbons (Fsp3) is 0.438. The van der Waals surface area contributed by atoms with Crippen molar-refractivity contribution < 1.29 is 28.6 Å². The number of nitrogens with zero attached hydrogens (tertiary/aromatic N) is 1. The van der Waals surface area contributed by atoms with E-state index in [1.54, 1.807) is 4.90 Å². The Morgan fingerprint density at radius 3 is 2.57 bits per heavy atom. The lowest BCUT2D eigenvalue weighted by molar-refractivity contribution is -0.141. The number of rotatable bonds is 5. The number of hydrogen-bond acceptors (Lipinski definition) is 6. The zero-order valence-corrected chi connectivity index (χ0v) is 12.6. The second-order valence-electron chi connectivity index (χ2n) is 5.51. The number of fused-ring (bicyclic) bond motifs is 5. The molecule has 3 aliphatic rings. The monoisotopic (exact) mass is 319 g/mol. The lowest BCUT2D eigenvalue weighted by atomic mass is 9.84. The molecule has 1 amide bonds. The number of hydrogen-bond donors (Lipinski definition) is 0. The molecule has 3 heterocycles. The van der Waals surface area contributed by atoms with Crippen LogP contribution in [0.25, 0.3) is 0 Å². The summed E-state index contributed by atoms with van der Waals surface area (Å²) in [5.74, 6) is -1.59. The van der Waals surface area contributed by atoms with Gasteiger partial charge in [0, 0.05) is 23.8 Å². The first-order chi connectivity index (χ1) is 11.0. The third-order valence-corrected chi connectivity index (χ3v) is 4.30. The first-order valence-electron chi connectivity index (χ1n) is 7.29. The molecule has 4 unspecified atom stereocenters. The molecular formula is C16H17NO6. The largest absolute Gasteiger partial charge is 0.466 e. The Kier molecular flexibility index (Phi) is 4.04. The average molecular weight is 319 g/mol. The van der Waals surface area contributed by atoms with Gasteiger partial charge in [0.2, 0.25) is 5.91 Å². The molecule has 2 saturated heterocycles. The zero-order chi connectivity index (χ0) is 16.6. The van der Waals surface area contributed by atoms with Crippen molar-refractivity contribution in [2.75, 3.05) is 20.3 Å². The van der Waals surface area contributed by atoms with Crippen molar-refractivity contribution >= 4 is 17.8 Å². The van der Waals surface area contributed by atoms with Crippen molar-refractivity contribution in [2.45, 2.75) is 12.2 Å². The van der Waals surface area contributed by atoms with Crippen molar-refractivity contribution in [2.24, 2.45) is 11.8 Å². The molecule has 0 N–H and O–H groups in total. The van der Waals surface area contributed by atoms with Gasteiger partial charge in [-0.2, -0.15) is 0 Å². The molecule has 2 fully saturated rings. The molecule has 7 heteroatoms. The van der Waals surface area contributed by atoms with E-state index in [4.69, 9.17) is 9.47 Å². The van der Waals surface area contributed by atoms with Crippen LogP contribution in [0, 0.1) is 11.8 Å². The van der Waals surface area contributed by atoms with Crippen molar-refractivity contribution in [1.29, 1.82) is 0 Å². The van der Waals surface area contributed by atoms with Crippen LogP contribution in [0.1, 0.15) is 0 Å². The molecule has 0 aromatic rings. The SMILES string of the molecule is C=C1C2C3C=CC(O3)C2C(=O)N1CCOC(=O)/C=C/C(=O)OC. The van der Waals surface area contributed by atoms with Crippen LogP contribution in [0.3, 0.4) is 0 Å². The molecule has 2 bridgehead atoms. The first-order valence-corrected chi connectivity index (χ1v) is 7.29. The molecule has 3 aliphatic heterocycles. The van der Waals surface area contributed by atoms with E-state index in [1.807, 2.05) is 12.2 Å². The highest BCUT2D eigenvalue weighted by atomic mass is 16.5. The highest BCUT2D eigenvalue weighted by Crippen LogP contribution is 2.48. The summed E-state index contributed by atoms with van der Waals surface area (Å²) in [5.41, 5.74) is 0.706. The summed E-state index contributed by atoms with van der Waals surface area (Å²) in [6.07, 6.45) is 5.58. The van der Waals surface area contributed by atoms with E-state index in [1.165, 1.54) is 7.11 Å². The van der Waals surface area contributed by atoms with E-state index in [2.05, 4.69) is 11.3 Å². The molecule has 0 saturated carbocycles. The number of likely N-dealkylation sites (tertiary alicyclic amines) is 1. The maximum absolute atomic E-state index is 12.5. The van der Waals surface area contributed by atoms with Crippen LogP contribution >= 0.6 is 0 Å². The highest BCUT2D eigenvalue weighted by molar-refractivity contribution is 5.91. The van der Waals surface area contributed by atoms with E-state index in [9.17, 15) is 14.4 Å². The van der Waals surface area contributed by atoms with Gasteiger partial charge in [0.25, 0.3) is 0 Å². The summed E-state index contributed by atoms with van der Waals surface area (Å²) < 4.78 is 15.0. The van der Waals surface area contributed by atoms with Crippen LogP contribution < -0.4 is 0 Å². The van der Waals surface area contributed by atoms with Gasteiger partial charge in [-0.15, -0.1) is 0 Å². The molecule has 23 heavy (non-hydrogen) atoms. The van der Waals surface area contributed by atoms with Crippen molar-refractivity contribution in [3.63, 3.8) is 0 Å². The summed E-state index contributed by atoms with van der Waals surface area (Å²) in [6, 6.07) is 0. The van der Waals surface area contributed by atoms with Crippen LogP contribution in [-0.4, -0.2) is 55.2 Å². The third-order valence-electron chi connectivity index (χ3n) is 4.30. The van der Waals surface area contributed by atoms with Crippen LogP contribution in [0.15, 0.2) is 36.6 Å². The number of methoxy groups -OCH3 is 1. The van der Waals surface area contributed by atoms with Gasteiger partial charge < -0.3 is 19.1 Å². The Labute approximate surface area is 133 Å². The Bertz CT molecular complexity index is 592. The number of esters is 2. The zero-order valence-electron chi connectivity index (χ0n) is 12.6. The Balaban J connectivity index is 1.51. The Morgan fingerprint density at radius 1 is 1.26 bits per heavy atom. The molecule has 122 valence electrons. The quantitative estimate of drug-likeness (QED) is 0.408. The van der Waals surface area contributed by atoms with Crippen molar-refractivity contribution in [3.05, 3.63) is 36.6 Å². The highest BCUT2D eigenvalue weighted by Gasteiger charge is 2.57. The van der Waals surface area contributed by atoms with Crippen LogP contribution in [0.5, 0.6) is 0 Å². The summed E-state index contributed by atoms with van der Waals surface area (Å²) in [6.45, 7) is 4.26. The van der Waals surface area contributed by atoms with Crippen LogP contribution in [-0.2, 0) is 28.6 Å². The standard InChI is InChI=1S/C16H17NO6/c1-9-14-10-3-4-11(23-10)15(14)16(20)17(9)7-8-22-13(19)6-5-12(18)21-2/h3-6,10-11,14-15H,1,7-8H2,2H3/b6-5+. The lowest BCUT2D eigenvalue weighted by Crippen LogP contribution is -2.33. The third kappa shape index (κ3) is 2.68. The smallest absolute Gasteiger partial charge is 0.331 e. The van der Waals surface area contributed by atoms with Gasteiger partial charge in [-0.3, -0.25) is 4.79 Å². The molecule has 3 rings (SSSR count). The minimum atomic E-state index is -0.669. The van der Waals surface area contributed by atoms with E-state index in [-0.39, 0.29) is 43.1 Å². The predicted molar refractivity (Wildman–Crippen MR) is 77.7 cm³/mol. The molecule has 0 radical (unpaired) electrons. The van der Waals surface area contributed by atoms with Gasteiger partial charge in [0.15, 0.2) is 0 Å². The molecule has 0 aromatic carbocycles. The molecule has 7 nitrogen and oxygen atoms in total. The van der Waals surface area contributed by atoms with Crippen molar-refractivity contribution in [1.82, 2.24) is 4.90 Å². The summed E-state index contributed by atoms with van der Waals surface area (Å²) in [4.78, 5) is 36.3. The number of carbonyl (C=O) groups excluding carboxylic acids is 3. The Hall–Kier alpha value is -2.41. The minimum Gasteiger partial charge on any atom is -0.466 e. The van der Waals surface area contributed by atoms with E-state index < -0.39 is 11.9 Å². The van der Waals surface area contributed by atoms with E-state index in [0.29, 0.717) is 5.70 Å². The predicted octanol–water partition coefficient (Wildman–Crippen LogP) is 0.184. The second kappa shape index (κ2) is 6.00. The van der Waals surface area contributed by atoms with Gasteiger partial charge >= 0.3 is 11.9 Å². The van der Waals surface area contributed by atoms with Gasteiger partial charge in [-0.25, -0.2) is 9.59 Å². The van der Waals surface area contributed by atoms with Gasteiger partial charge in [0.05, 0.1) is 31.8 Å². The van der Waals surface area contributed by atoms with E-state index in [0.717, 1.165) is 12.2 Å². The molecule has 0 aromatic heterocycles. The summed E-state index contributed by atoms with van der Waals surface area (Å²) >= 11 is 0. The number of ether oxygens (including phenoxy) is 3. The molecular weight excluding hydrogens is 302 g/mol. The molecule has 4 atom stereocenters. The maximum atomic E-state index is 12.5. The van der Waals surface area contributed by atoms with Gasteiger partial charge in [-0.1, -0.05) is 18.7 Å². The molecule has 0 aliphatic carbocycles. The van der Waals surface area contributed by atoms with E-state index >= 15 is 0 Å². The first kappa shape index (κ1) is 15.5. The normalized spacial score (nSPS) is 31.1. The maximum Gasteiger partial charge on any atom is 0.331 e. The topological polar surface area (TPSA) is 82.1 Å². The fourth-order valence-corrected chi connectivity index (χ4v) is 3.24. The average Bonchev–Trinajstić information content (AvgIpc) is 3.21. The number of amides is 1. The van der Waals surface area contributed by atoms with Crippen LogP contribution in [0.4, 0.5) is 0 Å². The lowest BCUT2D eigenvalue weighted by Gasteiger charge is -2.20.